The first-order chi connectivity index (χ1) is 10.9. The van der Waals surface area contributed by atoms with Crippen LogP contribution in [0.15, 0.2) is 29.6 Å². The van der Waals surface area contributed by atoms with E-state index < -0.39 is 11.9 Å². The van der Waals surface area contributed by atoms with E-state index in [0.717, 1.165) is 16.7 Å². The predicted molar refractivity (Wildman–Crippen MR) is 84.4 cm³/mol. The molecule has 124 valence electrons. The molecule has 0 N–H and O–H groups in total. The van der Waals surface area contributed by atoms with Gasteiger partial charge in [0, 0.05) is 31.3 Å². The Balaban J connectivity index is 1.58. The average Bonchev–Trinajstić information content (AvgIpc) is 3.00. The molecule has 0 bridgehead atoms. The van der Waals surface area contributed by atoms with Gasteiger partial charge in [-0.15, -0.1) is 11.3 Å². The molecule has 0 atom stereocenters. The maximum Gasteiger partial charge on any atom is 0.434 e. The fraction of sp³-hybridized carbons (Fsp3) is 0.400. The van der Waals surface area contributed by atoms with Gasteiger partial charge in [0.1, 0.15) is 11.9 Å². The summed E-state index contributed by atoms with van der Waals surface area (Å²) in [5, 5.41) is 2.03. The van der Waals surface area contributed by atoms with Crippen LogP contribution in [0.25, 0.3) is 0 Å². The van der Waals surface area contributed by atoms with Crippen LogP contribution in [0.1, 0.15) is 18.5 Å². The number of nitrogens with zero attached hydrogens (tertiary/aromatic N) is 2. The summed E-state index contributed by atoms with van der Waals surface area (Å²) in [5.74, 6) is 0.640. The summed E-state index contributed by atoms with van der Waals surface area (Å²) >= 11 is 7.09. The molecule has 1 aliphatic heterocycles. The summed E-state index contributed by atoms with van der Waals surface area (Å²) in [6.07, 6.45) is -2.95. The van der Waals surface area contributed by atoms with E-state index in [2.05, 4.69) is 4.98 Å². The monoisotopic (exact) mass is 362 g/mol. The Hall–Kier alpha value is -1.47. The van der Waals surface area contributed by atoms with Gasteiger partial charge in [-0.3, -0.25) is 0 Å². The van der Waals surface area contributed by atoms with Crippen molar-refractivity contribution in [3.63, 3.8) is 0 Å². The smallest absolute Gasteiger partial charge is 0.434 e. The molecular weight excluding hydrogens is 349 g/mol. The summed E-state index contributed by atoms with van der Waals surface area (Å²) in [7, 11) is 0. The van der Waals surface area contributed by atoms with Gasteiger partial charge in [0.15, 0.2) is 10.8 Å². The third-order valence-corrected chi connectivity index (χ3v) is 4.84. The number of anilines is 1. The molecule has 8 heteroatoms. The van der Waals surface area contributed by atoms with Gasteiger partial charge in [-0.25, -0.2) is 4.98 Å². The van der Waals surface area contributed by atoms with Gasteiger partial charge in [0.2, 0.25) is 0 Å². The van der Waals surface area contributed by atoms with Crippen LogP contribution in [0.2, 0.25) is 5.02 Å². The van der Waals surface area contributed by atoms with Crippen LogP contribution < -0.4 is 9.64 Å². The third-order valence-electron chi connectivity index (χ3n) is 3.63. The molecule has 1 saturated heterocycles. The lowest BCUT2D eigenvalue weighted by Crippen LogP contribution is -2.38. The summed E-state index contributed by atoms with van der Waals surface area (Å²) in [6.45, 7) is 1.22. The zero-order valence-corrected chi connectivity index (χ0v) is 13.6. The molecule has 0 saturated carbocycles. The summed E-state index contributed by atoms with van der Waals surface area (Å²) in [4.78, 5) is 5.55. The van der Waals surface area contributed by atoms with Gasteiger partial charge in [0.05, 0.1) is 5.02 Å². The largest absolute Gasteiger partial charge is 0.489 e. The second-order valence-corrected chi connectivity index (χ2v) is 6.49. The first-order valence-corrected chi connectivity index (χ1v) is 8.38. The van der Waals surface area contributed by atoms with E-state index in [4.69, 9.17) is 16.3 Å². The van der Waals surface area contributed by atoms with E-state index in [0.29, 0.717) is 41.8 Å². The van der Waals surface area contributed by atoms with Gasteiger partial charge in [0.25, 0.3) is 0 Å². The number of halogens is 4. The van der Waals surface area contributed by atoms with Gasteiger partial charge >= 0.3 is 6.18 Å². The molecule has 3 rings (SSSR count). The lowest BCUT2D eigenvalue weighted by molar-refractivity contribution is -0.140. The van der Waals surface area contributed by atoms with Crippen LogP contribution in [0.5, 0.6) is 5.75 Å². The maximum absolute atomic E-state index is 12.6. The number of benzene rings is 1. The molecule has 3 nitrogen and oxygen atoms in total. The molecule has 2 heterocycles. The number of thiazole rings is 1. The molecule has 23 heavy (non-hydrogen) atoms. The molecule has 1 aliphatic rings. The first kappa shape index (κ1) is 16.4. The van der Waals surface area contributed by atoms with Gasteiger partial charge < -0.3 is 9.64 Å². The maximum atomic E-state index is 12.6. The fourth-order valence-corrected chi connectivity index (χ4v) is 3.49. The zero-order chi connectivity index (χ0) is 16.4. The Morgan fingerprint density at radius 1 is 1.22 bits per heavy atom. The predicted octanol–water partition coefficient (Wildman–Crippen LogP) is 4.86. The number of alkyl halides is 3. The number of piperidine rings is 1. The van der Waals surface area contributed by atoms with E-state index in [9.17, 15) is 13.2 Å². The van der Waals surface area contributed by atoms with E-state index in [1.165, 1.54) is 0 Å². The Kier molecular flexibility index (Phi) is 4.68. The minimum Gasteiger partial charge on any atom is -0.489 e. The minimum absolute atomic E-state index is 0.00759. The van der Waals surface area contributed by atoms with Crippen molar-refractivity contribution in [2.24, 2.45) is 0 Å². The van der Waals surface area contributed by atoms with Crippen molar-refractivity contribution in [2.45, 2.75) is 25.1 Å². The number of ether oxygens (including phenoxy) is 1. The number of aromatic nitrogens is 1. The summed E-state index contributed by atoms with van der Waals surface area (Å²) in [6, 6.07) is 7.26. The van der Waals surface area contributed by atoms with Crippen LogP contribution in [-0.2, 0) is 6.18 Å². The molecule has 0 spiro atoms. The van der Waals surface area contributed by atoms with Gasteiger partial charge in [-0.2, -0.15) is 13.2 Å². The topological polar surface area (TPSA) is 25.4 Å². The number of hydrogen-bond acceptors (Lipinski definition) is 4. The number of para-hydroxylation sites is 1. The highest BCUT2D eigenvalue weighted by Crippen LogP contribution is 2.34. The highest BCUT2D eigenvalue weighted by molar-refractivity contribution is 7.13. The van der Waals surface area contributed by atoms with Crippen molar-refractivity contribution >= 4 is 28.1 Å². The molecule has 1 aromatic heterocycles. The molecule has 0 unspecified atom stereocenters. The first-order valence-electron chi connectivity index (χ1n) is 7.12. The number of rotatable bonds is 3. The standard InChI is InChI=1S/C15H14ClF3N2OS/c16-11-3-1-2-4-12(11)22-10-5-7-21(8-6-10)14-20-13(9-23-14)15(17,18)19/h1-4,9-10H,5-8H2. The lowest BCUT2D eigenvalue weighted by Gasteiger charge is -2.32. The van der Waals surface area contributed by atoms with E-state index in [1.807, 2.05) is 23.1 Å². The van der Waals surface area contributed by atoms with Crippen molar-refractivity contribution in [1.29, 1.82) is 0 Å². The summed E-state index contributed by atoms with van der Waals surface area (Å²) in [5.41, 5.74) is -0.827. The Morgan fingerprint density at radius 3 is 2.52 bits per heavy atom. The van der Waals surface area contributed by atoms with Crippen LogP contribution in [0, 0.1) is 0 Å². The Morgan fingerprint density at radius 2 is 1.91 bits per heavy atom. The molecule has 2 aromatic rings. The molecule has 1 aromatic carbocycles. The van der Waals surface area contributed by atoms with Crippen LogP contribution in [0.4, 0.5) is 18.3 Å². The van der Waals surface area contributed by atoms with Crippen molar-refractivity contribution in [3.8, 4) is 5.75 Å². The minimum atomic E-state index is -4.39. The van der Waals surface area contributed by atoms with Gasteiger partial charge in [-0.05, 0) is 12.1 Å². The summed E-state index contributed by atoms with van der Waals surface area (Å²) < 4.78 is 43.7. The van der Waals surface area contributed by atoms with Crippen molar-refractivity contribution in [1.82, 2.24) is 4.98 Å². The highest BCUT2D eigenvalue weighted by atomic mass is 35.5. The van der Waals surface area contributed by atoms with E-state index in [-0.39, 0.29) is 6.10 Å². The van der Waals surface area contributed by atoms with Gasteiger partial charge in [-0.1, -0.05) is 23.7 Å². The molecule has 0 amide bonds. The van der Waals surface area contributed by atoms with Crippen molar-refractivity contribution in [3.05, 3.63) is 40.4 Å². The normalized spacial score (nSPS) is 16.6. The Labute approximate surface area is 140 Å². The van der Waals surface area contributed by atoms with Crippen molar-refractivity contribution in [2.75, 3.05) is 18.0 Å². The SMILES string of the molecule is FC(F)(F)c1csc(N2CCC(Oc3ccccc3Cl)CC2)n1. The quantitative estimate of drug-likeness (QED) is 0.779. The van der Waals surface area contributed by atoms with Crippen LogP contribution in [0.3, 0.4) is 0 Å². The average molecular weight is 363 g/mol. The van der Waals surface area contributed by atoms with Crippen LogP contribution in [-0.4, -0.2) is 24.2 Å². The second kappa shape index (κ2) is 6.57. The molecule has 0 aliphatic carbocycles. The van der Waals surface area contributed by atoms with E-state index >= 15 is 0 Å². The van der Waals surface area contributed by atoms with Crippen molar-refractivity contribution < 1.29 is 17.9 Å². The molecule has 0 radical (unpaired) electrons. The Bertz CT molecular complexity index is 669. The fourth-order valence-electron chi connectivity index (χ4n) is 2.42. The molecule has 1 fully saturated rings. The molecular formula is C15H14ClF3N2OS. The number of hydrogen-bond donors (Lipinski definition) is 0. The second-order valence-electron chi connectivity index (χ2n) is 5.25. The van der Waals surface area contributed by atoms with Crippen LogP contribution >= 0.6 is 22.9 Å². The van der Waals surface area contributed by atoms with E-state index in [1.54, 1.807) is 6.07 Å². The third kappa shape index (κ3) is 3.90. The zero-order valence-electron chi connectivity index (χ0n) is 12.0. The lowest BCUT2D eigenvalue weighted by atomic mass is 10.1. The highest BCUT2D eigenvalue weighted by Gasteiger charge is 2.34.